The molecule has 23 heavy (non-hydrogen) atoms. The van der Waals surface area contributed by atoms with Crippen LogP contribution in [-0.4, -0.2) is 18.9 Å². The summed E-state index contributed by atoms with van der Waals surface area (Å²) in [5.74, 6) is -0.124. The summed E-state index contributed by atoms with van der Waals surface area (Å²) in [6, 6.07) is 14.5. The van der Waals surface area contributed by atoms with Gasteiger partial charge in [0.05, 0.1) is 12.8 Å². The molecule has 1 heterocycles. The minimum absolute atomic E-state index is 0.0961. The molecule has 3 rings (SSSR count). The van der Waals surface area contributed by atoms with Gasteiger partial charge in [0.25, 0.3) is 11.8 Å². The number of rotatable bonds is 3. The van der Waals surface area contributed by atoms with Gasteiger partial charge >= 0.3 is 0 Å². The van der Waals surface area contributed by atoms with Crippen molar-refractivity contribution in [2.45, 2.75) is 6.92 Å². The lowest BCUT2D eigenvalue weighted by atomic mass is 10.1. The lowest BCUT2D eigenvalue weighted by molar-refractivity contribution is -0.117. The van der Waals surface area contributed by atoms with Gasteiger partial charge in [0.2, 0.25) is 0 Å². The van der Waals surface area contributed by atoms with Gasteiger partial charge in [0, 0.05) is 0 Å². The fraction of sp³-hybridized carbons (Fsp3) is 0.111. The van der Waals surface area contributed by atoms with Crippen molar-refractivity contribution in [3.05, 3.63) is 65.2 Å². The summed E-state index contributed by atoms with van der Waals surface area (Å²) in [5.41, 5.74) is 5.12. The zero-order valence-electron chi connectivity index (χ0n) is 12.9. The largest absolute Gasteiger partial charge is 0.497 e. The highest BCUT2D eigenvalue weighted by Gasteiger charge is 2.34. The summed E-state index contributed by atoms with van der Waals surface area (Å²) >= 11 is 0. The molecule has 2 aromatic rings. The average Bonchev–Trinajstić information content (AvgIpc) is 2.84. The molecule has 0 spiro atoms. The summed E-state index contributed by atoms with van der Waals surface area (Å²) in [4.78, 5) is 24.6. The number of methoxy groups -OCH3 is 1. The number of nitrogens with one attached hydrogen (secondary N) is 1. The van der Waals surface area contributed by atoms with E-state index in [0.29, 0.717) is 11.4 Å². The molecule has 1 aliphatic rings. The number of hydrazine groups is 1. The molecule has 2 aromatic carbocycles. The number of carbonyl (C=O) groups is 2. The van der Waals surface area contributed by atoms with Gasteiger partial charge in [-0.15, -0.1) is 0 Å². The van der Waals surface area contributed by atoms with Crippen LogP contribution >= 0.6 is 0 Å². The van der Waals surface area contributed by atoms with Crippen molar-refractivity contribution < 1.29 is 14.3 Å². The minimum atomic E-state index is -0.418. The Morgan fingerprint density at radius 3 is 2.52 bits per heavy atom. The monoisotopic (exact) mass is 308 g/mol. The van der Waals surface area contributed by atoms with Crippen LogP contribution in [0.15, 0.2) is 54.1 Å². The number of hydrogen-bond acceptors (Lipinski definition) is 3. The molecule has 0 saturated carbocycles. The highest BCUT2D eigenvalue weighted by Crippen LogP contribution is 2.22. The third kappa shape index (κ3) is 2.94. The van der Waals surface area contributed by atoms with Crippen molar-refractivity contribution in [2.24, 2.45) is 0 Å². The molecule has 2 amide bonds. The molecular formula is C18H16N2O3. The Hall–Kier alpha value is -3.08. The molecule has 1 saturated heterocycles. The lowest BCUT2D eigenvalue weighted by Crippen LogP contribution is -2.35. The third-order valence-electron chi connectivity index (χ3n) is 3.59. The summed E-state index contributed by atoms with van der Waals surface area (Å²) < 4.78 is 5.15. The van der Waals surface area contributed by atoms with E-state index in [1.54, 1.807) is 43.5 Å². The van der Waals surface area contributed by atoms with Crippen LogP contribution in [0.1, 0.15) is 11.1 Å². The first-order chi connectivity index (χ1) is 11.1. The highest BCUT2D eigenvalue weighted by molar-refractivity contribution is 6.31. The average molecular weight is 308 g/mol. The fourth-order valence-electron chi connectivity index (χ4n) is 2.33. The van der Waals surface area contributed by atoms with E-state index in [9.17, 15) is 9.59 Å². The maximum Gasteiger partial charge on any atom is 0.282 e. The van der Waals surface area contributed by atoms with Gasteiger partial charge in [-0.3, -0.25) is 15.0 Å². The number of amides is 2. The lowest BCUT2D eigenvalue weighted by Gasteiger charge is -2.14. The summed E-state index contributed by atoms with van der Waals surface area (Å²) in [7, 11) is 1.57. The quantitative estimate of drug-likeness (QED) is 0.700. The van der Waals surface area contributed by atoms with E-state index in [1.807, 2.05) is 25.1 Å². The summed E-state index contributed by atoms with van der Waals surface area (Å²) in [6.45, 7) is 1.96. The summed E-state index contributed by atoms with van der Waals surface area (Å²) in [5, 5.41) is 1.26. The van der Waals surface area contributed by atoms with Gasteiger partial charge in [0.1, 0.15) is 11.3 Å². The number of ether oxygens (including phenoxy) is 1. The second-order valence-corrected chi connectivity index (χ2v) is 5.25. The van der Waals surface area contributed by atoms with E-state index in [2.05, 4.69) is 5.43 Å². The molecule has 5 heteroatoms. The molecular weight excluding hydrogens is 292 g/mol. The van der Waals surface area contributed by atoms with Crippen LogP contribution in [0.25, 0.3) is 6.08 Å². The number of nitrogens with zero attached hydrogens (tertiary/aromatic N) is 1. The molecule has 116 valence electrons. The SMILES string of the molecule is COc1cccc(/C=C2/C(=O)NN(c3ccc(C)cc3)C2=O)c1. The maximum absolute atomic E-state index is 12.5. The molecule has 1 N–H and O–H groups in total. The van der Waals surface area contributed by atoms with E-state index in [4.69, 9.17) is 4.74 Å². The van der Waals surface area contributed by atoms with Gasteiger partial charge < -0.3 is 4.74 Å². The van der Waals surface area contributed by atoms with Gasteiger partial charge in [-0.2, -0.15) is 0 Å². The Balaban J connectivity index is 1.91. The first-order valence-corrected chi connectivity index (χ1v) is 7.16. The van der Waals surface area contributed by atoms with Crippen LogP contribution in [-0.2, 0) is 9.59 Å². The van der Waals surface area contributed by atoms with E-state index in [1.165, 1.54) is 5.01 Å². The van der Waals surface area contributed by atoms with Crippen LogP contribution in [0, 0.1) is 6.92 Å². The molecule has 0 unspecified atom stereocenters. The standard InChI is InChI=1S/C18H16N2O3/c1-12-6-8-14(9-7-12)20-18(22)16(17(21)19-20)11-13-4-3-5-15(10-13)23-2/h3-11H,1-2H3,(H,19,21)/b16-11-. The van der Waals surface area contributed by atoms with Crippen LogP contribution in [0.5, 0.6) is 5.75 Å². The predicted octanol–water partition coefficient (Wildman–Crippen LogP) is 2.47. The second-order valence-electron chi connectivity index (χ2n) is 5.25. The normalized spacial score (nSPS) is 15.9. The van der Waals surface area contributed by atoms with Crippen LogP contribution in [0.2, 0.25) is 0 Å². The van der Waals surface area contributed by atoms with Crippen LogP contribution < -0.4 is 15.2 Å². The zero-order valence-corrected chi connectivity index (χ0v) is 12.9. The molecule has 0 aromatic heterocycles. The molecule has 1 fully saturated rings. The second kappa shape index (κ2) is 5.96. The van der Waals surface area contributed by atoms with Crippen molar-refractivity contribution in [3.8, 4) is 5.75 Å². The van der Waals surface area contributed by atoms with Crippen molar-refractivity contribution in [1.82, 2.24) is 5.43 Å². The topological polar surface area (TPSA) is 58.6 Å². The third-order valence-corrected chi connectivity index (χ3v) is 3.59. The van der Waals surface area contributed by atoms with Gasteiger partial charge in [-0.1, -0.05) is 29.8 Å². The van der Waals surface area contributed by atoms with Crippen molar-refractivity contribution in [1.29, 1.82) is 0 Å². The van der Waals surface area contributed by atoms with Crippen molar-refractivity contribution in [3.63, 3.8) is 0 Å². The Labute approximate surface area is 134 Å². The molecule has 0 radical (unpaired) electrons. The van der Waals surface area contributed by atoms with E-state index in [-0.39, 0.29) is 11.5 Å². The van der Waals surface area contributed by atoms with Gasteiger partial charge in [-0.05, 0) is 42.8 Å². The first-order valence-electron chi connectivity index (χ1n) is 7.16. The number of aryl methyl sites for hydroxylation is 1. The number of benzene rings is 2. The Morgan fingerprint density at radius 2 is 1.83 bits per heavy atom. The predicted molar refractivity (Wildman–Crippen MR) is 87.8 cm³/mol. The number of hydrogen-bond donors (Lipinski definition) is 1. The molecule has 0 aliphatic carbocycles. The number of anilines is 1. The maximum atomic E-state index is 12.5. The Bertz CT molecular complexity index is 794. The first kappa shape index (κ1) is 14.8. The van der Waals surface area contributed by atoms with E-state index < -0.39 is 5.91 Å². The minimum Gasteiger partial charge on any atom is -0.497 e. The van der Waals surface area contributed by atoms with Gasteiger partial charge in [-0.25, -0.2) is 5.01 Å². The molecule has 0 atom stereocenters. The van der Waals surface area contributed by atoms with E-state index in [0.717, 1.165) is 11.1 Å². The molecule has 1 aliphatic heterocycles. The molecule has 5 nitrogen and oxygen atoms in total. The van der Waals surface area contributed by atoms with Gasteiger partial charge in [0.15, 0.2) is 0 Å². The number of carbonyl (C=O) groups excluding carboxylic acids is 2. The van der Waals surface area contributed by atoms with E-state index >= 15 is 0 Å². The fourth-order valence-corrected chi connectivity index (χ4v) is 2.33. The van der Waals surface area contributed by atoms with Crippen LogP contribution in [0.4, 0.5) is 5.69 Å². The summed E-state index contributed by atoms with van der Waals surface area (Å²) in [6.07, 6.45) is 1.56. The van der Waals surface area contributed by atoms with Crippen LogP contribution in [0.3, 0.4) is 0 Å². The zero-order chi connectivity index (χ0) is 16.4. The van der Waals surface area contributed by atoms with Crippen molar-refractivity contribution in [2.75, 3.05) is 12.1 Å². The highest BCUT2D eigenvalue weighted by atomic mass is 16.5. The van der Waals surface area contributed by atoms with Crippen molar-refractivity contribution >= 4 is 23.6 Å². The Morgan fingerprint density at radius 1 is 1.09 bits per heavy atom. The smallest absolute Gasteiger partial charge is 0.282 e. The Kier molecular flexibility index (Phi) is 3.85. The molecule has 0 bridgehead atoms.